The minimum atomic E-state index is -1.38. The van der Waals surface area contributed by atoms with Crippen LogP contribution in [-0.2, 0) is 0 Å². The highest BCUT2D eigenvalue weighted by molar-refractivity contribution is 6.05. The van der Waals surface area contributed by atoms with E-state index in [1.807, 2.05) is 0 Å². The molecule has 8 heteroatoms. The zero-order valence-electron chi connectivity index (χ0n) is 13.4. The largest absolute Gasteiger partial charge is 0.475 e. The number of nitrogens with zero attached hydrogens (tertiary/aromatic N) is 2. The number of carbonyl (C=O) groups is 2. The van der Waals surface area contributed by atoms with E-state index in [1.54, 1.807) is 0 Å². The molecule has 26 heavy (non-hydrogen) atoms. The number of aromatic carboxylic acids is 1. The van der Waals surface area contributed by atoms with Gasteiger partial charge < -0.3 is 9.52 Å². The van der Waals surface area contributed by atoms with Crippen LogP contribution in [0.4, 0.5) is 14.8 Å². The molecule has 1 N–H and O–H groups in total. The highest BCUT2D eigenvalue weighted by Crippen LogP contribution is 2.28. The summed E-state index contributed by atoms with van der Waals surface area (Å²) in [5.41, 5.74) is 0.458. The van der Waals surface area contributed by atoms with E-state index in [9.17, 15) is 23.5 Å². The van der Waals surface area contributed by atoms with Gasteiger partial charge in [-0.2, -0.15) is 4.98 Å². The van der Waals surface area contributed by atoms with Gasteiger partial charge in [0.2, 0.25) is 5.76 Å². The summed E-state index contributed by atoms with van der Waals surface area (Å²) in [6, 6.07) is 9.59. The molecule has 1 aromatic heterocycles. The average Bonchev–Trinajstić information content (AvgIpc) is 3.07. The average molecular weight is 358 g/mol. The molecule has 0 atom stereocenters. The second-order valence-corrected chi connectivity index (χ2v) is 5.36. The molecule has 0 saturated heterocycles. The number of carboxylic acid groups (broad SMARTS) is 1. The minimum absolute atomic E-state index is 0.0359. The first-order chi connectivity index (χ1) is 12.4. The molecule has 0 fully saturated rings. The number of hydrogen-bond donors (Lipinski definition) is 1. The summed E-state index contributed by atoms with van der Waals surface area (Å²) in [7, 11) is 1.34. The van der Waals surface area contributed by atoms with Crippen molar-refractivity contribution in [3.05, 3.63) is 71.5 Å². The Kier molecular flexibility index (Phi) is 4.49. The molecule has 0 aliphatic rings. The van der Waals surface area contributed by atoms with Crippen LogP contribution in [-0.4, -0.2) is 29.0 Å². The lowest BCUT2D eigenvalue weighted by atomic mass is 10.1. The monoisotopic (exact) mass is 358 g/mol. The zero-order chi connectivity index (χ0) is 18.8. The highest BCUT2D eigenvalue weighted by Gasteiger charge is 2.25. The molecular weight excluding hydrogens is 346 g/mol. The molecule has 0 radical (unpaired) electrons. The number of benzene rings is 2. The van der Waals surface area contributed by atoms with E-state index in [2.05, 4.69) is 4.98 Å². The highest BCUT2D eigenvalue weighted by atomic mass is 19.1. The van der Waals surface area contributed by atoms with E-state index >= 15 is 0 Å². The van der Waals surface area contributed by atoms with Gasteiger partial charge in [0.15, 0.2) is 0 Å². The lowest BCUT2D eigenvalue weighted by Gasteiger charge is -2.12. The third kappa shape index (κ3) is 3.30. The van der Waals surface area contributed by atoms with Crippen molar-refractivity contribution in [1.29, 1.82) is 0 Å². The summed E-state index contributed by atoms with van der Waals surface area (Å²) in [6.07, 6.45) is 0. The van der Waals surface area contributed by atoms with Crippen molar-refractivity contribution in [2.45, 2.75) is 0 Å². The predicted molar refractivity (Wildman–Crippen MR) is 88.0 cm³/mol. The van der Waals surface area contributed by atoms with E-state index in [1.165, 1.54) is 31.3 Å². The van der Waals surface area contributed by atoms with Gasteiger partial charge >= 0.3 is 12.0 Å². The van der Waals surface area contributed by atoms with Crippen molar-refractivity contribution in [3.63, 3.8) is 0 Å². The van der Waals surface area contributed by atoms with Gasteiger partial charge in [0, 0.05) is 18.2 Å². The number of hydrogen-bond acceptors (Lipinski definition) is 4. The molecule has 3 aromatic rings. The van der Waals surface area contributed by atoms with Crippen molar-refractivity contribution in [2.75, 3.05) is 11.9 Å². The van der Waals surface area contributed by atoms with Gasteiger partial charge in [0.1, 0.15) is 17.3 Å². The van der Waals surface area contributed by atoms with Crippen LogP contribution in [0.2, 0.25) is 0 Å². The Hall–Kier alpha value is -3.55. The third-order valence-electron chi connectivity index (χ3n) is 3.61. The molecule has 0 spiro atoms. The normalized spacial score (nSPS) is 10.6. The van der Waals surface area contributed by atoms with Crippen LogP contribution in [0.25, 0.3) is 11.3 Å². The number of halogens is 2. The molecule has 0 unspecified atom stereocenters. The third-order valence-corrected chi connectivity index (χ3v) is 3.61. The van der Waals surface area contributed by atoms with Crippen LogP contribution in [0.5, 0.6) is 0 Å². The first-order valence-corrected chi connectivity index (χ1v) is 7.40. The van der Waals surface area contributed by atoms with Crippen molar-refractivity contribution in [3.8, 4) is 11.3 Å². The van der Waals surface area contributed by atoms with Gasteiger partial charge in [-0.25, -0.2) is 13.6 Å². The second kappa shape index (κ2) is 6.75. The Morgan fingerprint density at radius 3 is 2.08 bits per heavy atom. The zero-order valence-corrected chi connectivity index (χ0v) is 13.4. The lowest BCUT2D eigenvalue weighted by Crippen LogP contribution is -2.26. The van der Waals surface area contributed by atoms with Crippen LogP contribution >= 0.6 is 0 Å². The van der Waals surface area contributed by atoms with Crippen LogP contribution in [0.15, 0.2) is 52.9 Å². The first kappa shape index (κ1) is 17.3. The summed E-state index contributed by atoms with van der Waals surface area (Å²) in [6.45, 7) is 0. The van der Waals surface area contributed by atoms with Crippen molar-refractivity contribution in [2.24, 2.45) is 0 Å². The molecule has 3 rings (SSSR count). The molecule has 0 aliphatic heterocycles. The van der Waals surface area contributed by atoms with Gasteiger partial charge in [-0.15, -0.1) is 0 Å². The maximum Gasteiger partial charge on any atom is 0.374 e. The molecule has 0 aliphatic carbocycles. The number of rotatable bonds is 4. The van der Waals surface area contributed by atoms with Gasteiger partial charge in [-0.05, 0) is 48.5 Å². The van der Waals surface area contributed by atoms with Gasteiger partial charge in [0.05, 0.1) is 0 Å². The molecule has 132 valence electrons. The van der Waals surface area contributed by atoms with E-state index in [0.29, 0.717) is 5.56 Å². The Labute approximate surface area is 146 Å². The lowest BCUT2D eigenvalue weighted by molar-refractivity contribution is 0.0663. The van der Waals surface area contributed by atoms with E-state index in [-0.39, 0.29) is 17.3 Å². The van der Waals surface area contributed by atoms with Crippen LogP contribution in [0, 0.1) is 11.6 Å². The van der Waals surface area contributed by atoms with Gasteiger partial charge in [-0.1, -0.05) is 0 Å². The van der Waals surface area contributed by atoms with E-state index in [0.717, 1.165) is 29.2 Å². The number of aromatic nitrogens is 1. The van der Waals surface area contributed by atoms with Crippen LogP contribution in [0.3, 0.4) is 0 Å². The number of carboxylic acids is 1. The quantitative estimate of drug-likeness (QED) is 0.770. The van der Waals surface area contributed by atoms with E-state index in [4.69, 9.17) is 4.42 Å². The van der Waals surface area contributed by atoms with Crippen LogP contribution in [0.1, 0.15) is 20.9 Å². The number of anilines is 1. The maximum atomic E-state index is 13.1. The molecule has 2 aromatic carbocycles. The Bertz CT molecular complexity index is 966. The fraction of sp³-hybridized carbons (Fsp3) is 0.0556. The summed E-state index contributed by atoms with van der Waals surface area (Å²) >= 11 is 0. The van der Waals surface area contributed by atoms with Gasteiger partial charge in [-0.3, -0.25) is 9.69 Å². The summed E-state index contributed by atoms with van der Waals surface area (Å²) in [4.78, 5) is 28.9. The number of amides is 1. The molecule has 0 saturated carbocycles. The molecule has 1 heterocycles. The fourth-order valence-corrected chi connectivity index (χ4v) is 2.27. The van der Waals surface area contributed by atoms with Crippen molar-refractivity contribution >= 4 is 17.9 Å². The summed E-state index contributed by atoms with van der Waals surface area (Å²) in [5.74, 6) is -3.41. The molecule has 0 bridgehead atoms. The minimum Gasteiger partial charge on any atom is -0.475 e. The van der Waals surface area contributed by atoms with Crippen molar-refractivity contribution < 1.29 is 27.9 Å². The Morgan fingerprint density at radius 1 is 1.00 bits per heavy atom. The number of oxazole rings is 1. The standard InChI is InChI=1S/C18H12F2N2O4/c1-22(16(23)11-4-8-13(20)9-5-11)18-21-14(15(26-18)17(24)25)10-2-6-12(19)7-3-10/h2-9H,1H3,(H,24,25). The fourth-order valence-electron chi connectivity index (χ4n) is 2.27. The SMILES string of the molecule is CN(C(=O)c1ccc(F)cc1)c1nc(-c2ccc(F)cc2)c(C(=O)O)o1. The molecule has 6 nitrogen and oxygen atoms in total. The summed E-state index contributed by atoms with van der Waals surface area (Å²) in [5, 5.41) is 9.31. The maximum absolute atomic E-state index is 13.1. The Morgan fingerprint density at radius 2 is 1.54 bits per heavy atom. The van der Waals surface area contributed by atoms with Crippen LogP contribution < -0.4 is 4.90 Å². The molecule has 1 amide bonds. The Balaban J connectivity index is 1.98. The number of carbonyl (C=O) groups excluding carboxylic acids is 1. The summed E-state index contributed by atoms with van der Waals surface area (Å²) < 4.78 is 31.3. The van der Waals surface area contributed by atoms with Gasteiger partial charge in [0.25, 0.3) is 5.91 Å². The second-order valence-electron chi connectivity index (χ2n) is 5.36. The topological polar surface area (TPSA) is 83.6 Å². The smallest absolute Gasteiger partial charge is 0.374 e. The molecular formula is C18H12F2N2O4. The first-order valence-electron chi connectivity index (χ1n) is 7.40. The predicted octanol–water partition coefficient (Wildman–Crippen LogP) is 3.59. The van der Waals surface area contributed by atoms with Crippen molar-refractivity contribution in [1.82, 2.24) is 4.98 Å². The van der Waals surface area contributed by atoms with E-state index < -0.39 is 29.3 Å².